The zero-order valence-electron chi connectivity index (χ0n) is 15.7. The molecular weight excluding hydrogens is 424 g/mol. The highest BCUT2D eigenvalue weighted by Gasteiger charge is 2.14. The van der Waals surface area contributed by atoms with Crippen molar-refractivity contribution in [2.24, 2.45) is 0 Å². The van der Waals surface area contributed by atoms with Crippen molar-refractivity contribution in [2.45, 2.75) is 40.4 Å². The molecule has 0 atom stereocenters. The Labute approximate surface area is 173 Å². The van der Waals surface area contributed by atoms with Gasteiger partial charge in [-0.1, -0.05) is 30.3 Å². The average Bonchev–Trinajstić information content (AvgIpc) is 3.15. The van der Waals surface area contributed by atoms with E-state index in [0.29, 0.717) is 11.7 Å². The van der Waals surface area contributed by atoms with Crippen molar-refractivity contribution in [3.63, 3.8) is 0 Å². The molecular formula is C19H23BrN6S. The fourth-order valence-electron chi connectivity index (χ4n) is 2.95. The van der Waals surface area contributed by atoms with Crippen LogP contribution in [0.5, 0.6) is 0 Å². The van der Waals surface area contributed by atoms with Crippen molar-refractivity contribution in [1.29, 1.82) is 0 Å². The van der Waals surface area contributed by atoms with Gasteiger partial charge in [0, 0.05) is 6.54 Å². The van der Waals surface area contributed by atoms with Gasteiger partial charge in [0.25, 0.3) is 0 Å². The van der Waals surface area contributed by atoms with Crippen LogP contribution in [0.1, 0.15) is 29.6 Å². The lowest BCUT2D eigenvalue weighted by molar-refractivity contribution is 0.613. The molecule has 0 amide bonds. The number of aryl methyl sites for hydroxylation is 2. The lowest BCUT2D eigenvalue weighted by atomic mass is 10.2. The van der Waals surface area contributed by atoms with E-state index in [0.717, 1.165) is 40.3 Å². The van der Waals surface area contributed by atoms with Gasteiger partial charge in [-0.3, -0.25) is 9.36 Å². The van der Waals surface area contributed by atoms with Crippen LogP contribution < -0.4 is 10.6 Å². The van der Waals surface area contributed by atoms with Crippen LogP contribution in [0.3, 0.4) is 0 Å². The molecule has 6 nitrogen and oxygen atoms in total. The van der Waals surface area contributed by atoms with Gasteiger partial charge in [0.15, 0.2) is 5.11 Å². The van der Waals surface area contributed by atoms with Gasteiger partial charge in [-0.2, -0.15) is 10.2 Å². The standard InChI is InChI=1S/C19H23BrN6S/c1-4-25-17(16(20)10-22-25)11-21-19(27)23-18-13(2)24-26(14(18)3)12-15-8-6-5-7-9-15/h5-10H,4,11-12H2,1-3H3,(H2,21,23,27). The number of rotatable bonds is 6. The highest BCUT2D eigenvalue weighted by molar-refractivity contribution is 9.10. The molecule has 0 aliphatic carbocycles. The summed E-state index contributed by atoms with van der Waals surface area (Å²) in [5, 5.41) is 16.1. The number of hydrogen-bond acceptors (Lipinski definition) is 3. The van der Waals surface area contributed by atoms with Gasteiger partial charge in [-0.05, 0) is 54.5 Å². The largest absolute Gasteiger partial charge is 0.357 e. The van der Waals surface area contributed by atoms with Crippen molar-refractivity contribution >= 4 is 38.9 Å². The lowest BCUT2D eigenvalue weighted by Gasteiger charge is -2.12. The van der Waals surface area contributed by atoms with Crippen LogP contribution in [0, 0.1) is 13.8 Å². The molecule has 142 valence electrons. The Kier molecular flexibility index (Phi) is 6.28. The van der Waals surface area contributed by atoms with E-state index in [1.807, 2.05) is 34.5 Å². The maximum absolute atomic E-state index is 5.49. The Hall–Kier alpha value is -2.19. The molecule has 27 heavy (non-hydrogen) atoms. The van der Waals surface area contributed by atoms with E-state index in [9.17, 15) is 0 Å². The van der Waals surface area contributed by atoms with Gasteiger partial charge in [0.2, 0.25) is 0 Å². The molecule has 8 heteroatoms. The van der Waals surface area contributed by atoms with E-state index in [1.165, 1.54) is 5.56 Å². The second-order valence-electron chi connectivity index (χ2n) is 6.25. The lowest BCUT2D eigenvalue weighted by Crippen LogP contribution is -2.29. The Balaban J connectivity index is 1.66. The molecule has 1 aromatic carbocycles. The second-order valence-corrected chi connectivity index (χ2v) is 7.51. The summed E-state index contributed by atoms with van der Waals surface area (Å²) in [4.78, 5) is 0. The molecule has 2 heterocycles. The number of nitrogens with one attached hydrogen (secondary N) is 2. The molecule has 3 rings (SSSR count). The van der Waals surface area contributed by atoms with Crippen LogP contribution >= 0.6 is 28.1 Å². The molecule has 2 aromatic heterocycles. The van der Waals surface area contributed by atoms with Gasteiger partial charge in [-0.15, -0.1) is 0 Å². The van der Waals surface area contributed by atoms with Gasteiger partial charge in [0.1, 0.15) is 0 Å². The van der Waals surface area contributed by atoms with Crippen LogP contribution in [-0.4, -0.2) is 24.7 Å². The molecule has 3 aromatic rings. The molecule has 0 saturated heterocycles. The maximum Gasteiger partial charge on any atom is 0.171 e. The quantitative estimate of drug-likeness (QED) is 0.560. The smallest absolute Gasteiger partial charge is 0.171 e. The third kappa shape index (κ3) is 4.56. The van der Waals surface area contributed by atoms with E-state index < -0.39 is 0 Å². The number of benzene rings is 1. The van der Waals surface area contributed by atoms with Crippen molar-refractivity contribution in [3.8, 4) is 0 Å². The number of anilines is 1. The summed E-state index contributed by atoms with van der Waals surface area (Å²) in [6.45, 7) is 8.24. The molecule has 0 saturated carbocycles. The average molecular weight is 447 g/mol. The van der Waals surface area contributed by atoms with Crippen molar-refractivity contribution in [2.75, 3.05) is 5.32 Å². The molecule has 0 aliphatic rings. The fraction of sp³-hybridized carbons (Fsp3) is 0.316. The van der Waals surface area contributed by atoms with Gasteiger partial charge < -0.3 is 10.6 Å². The molecule has 0 bridgehead atoms. The SMILES string of the molecule is CCn1ncc(Br)c1CNC(=S)Nc1c(C)nn(Cc2ccccc2)c1C. The summed E-state index contributed by atoms with van der Waals surface area (Å²) in [7, 11) is 0. The minimum absolute atomic E-state index is 0.566. The van der Waals surface area contributed by atoms with E-state index in [4.69, 9.17) is 12.2 Å². The van der Waals surface area contributed by atoms with Gasteiger partial charge >= 0.3 is 0 Å². The topological polar surface area (TPSA) is 59.7 Å². The number of aromatic nitrogens is 4. The minimum Gasteiger partial charge on any atom is -0.357 e. The Bertz CT molecular complexity index is 931. The monoisotopic (exact) mass is 446 g/mol. The van der Waals surface area contributed by atoms with Crippen LogP contribution in [0.15, 0.2) is 41.0 Å². The van der Waals surface area contributed by atoms with E-state index >= 15 is 0 Å². The Morgan fingerprint density at radius 3 is 2.63 bits per heavy atom. The Morgan fingerprint density at radius 2 is 1.93 bits per heavy atom. The second kappa shape index (κ2) is 8.67. The third-order valence-corrected chi connectivity index (χ3v) is 5.32. The zero-order valence-corrected chi connectivity index (χ0v) is 18.1. The first-order valence-electron chi connectivity index (χ1n) is 8.82. The first-order valence-corrected chi connectivity index (χ1v) is 10.0. The van der Waals surface area contributed by atoms with Crippen molar-refractivity contribution in [3.05, 3.63) is 63.6 Å². The number of hydrogen-bond donors (Lipinski definition) is 2. The van der Waals surface area contributed by atoms with Crippen LogP contribution in [-0.2, 0) is 19.6 Å². The third-order valence-electron chi connectivity index (χ3n) is 4.41. The summed E-state index contributed by atoms with van der Waals surface area (Å²) in [6, 6.07) is 10.3. The minimum atomic E-state index is 0.566. The molecule has 0 unspecified atom stereocenters. The first-order chi connectivity index (χ1) is 13.0. The van der Waals surface area contributed by atoms with E-state index in [1.54, 1.807) is 6.20 Å². The summed E-state index contributed by atoms with van der Waals surface area (Å²) < 4.78 is 4.91. The highest BCUT2D eigenvalue weighted by atomic mass is 79.9. The van der Waals surface area contributed by atoms with Crippen LogP contribution in [0.2, 0.25) is 0 Å². The maximum atomic E-state index is 5.49. The number of thiocarbonyl (C=S) groups is 1. The van der Waals surface area contributed by atoms with Gasteiger partial charge in [0.05, 0.1) is 46.5 Å². The van der Waals surface area contributed by atoms with E-state index in [-0.39, 0.29) is 0 Å². The molecule has 0 fully saturated rings. The van der Waals surface area contributed by atoms with E-state index in [2.05, 4.69) is 62.7 Å². The normalized spacial score (nSPS) is 10.8. The zero-order chi connectivity index (χ0) is 19.4. The molecule has 0 spiro atoms. The summed E-state index contributed by atoms with van der Waals surface area (Å²) in [6.07, 6.45) is 1.80. The van der Waals surface area contributed by atoms with Crippen LogP contribution in [0.25, 0.3) is 0 Å². The predicted octanol–water partition coefficient (Wildman–Crippen LogP) is 4.01. The van der Waals surface area contributed by atoms with Gasteiger partial charge in [-0.25, -0.2) is 0 Å². The van der Waals surface area contributed by atoms with Crippen LogP contribution in [0.4, 0.5) is 5.69 Å². The number of halogens is 1. The van der Waals surface area contributed by atoms with Crippen molar-refractivity contribution < 1.29 is 0 Å². The molecule has 0 radical (unpaired) electrons. The highest BCUT2D eigenvalue weighted by Crippen LogP contribution is 2.21. The first kappa shape index (κ1) is 19.6. The summed E-state index contributed by atoms with van der Waals surface area (Å²) in [5.74, 6) is 0. The Morgan fingerprint density at radius 1 is 1.19 bits per heavy atom. The molecule has 0 aliphatic heterocycles. The fourth-order valence-corrected chi connectivity index (χ4v) is 3.56. The summed E-state index contributed by atoms with van der Waals surface area (Å²) in [5.41, 5.74) is 5.21. The molecule has 2 N–H and O–H groups in total. The van der Waals surface area contributed by atoms with Crippen molar-refractivity contribution in [1.82, 2.24) is 24.9 Å². The predicted molar refractivity (Wildman–Crippen MR) is 116 cm³/mol. The number of nitrogens with zero attached hydrogens (tertiary/aromatic N) is 4. The summed E-state index contributed by atoms with van der Waals surface area (Å²) >= 11 is 9.02.